The first kappa shape index (κ1) is 39.9. The molecule has 0 amide bonds. The van der Waals surface area contributed by atoms with Gasteiger partial charge in [-0.15, -0.1) is 0 Å². The topological polar surface area (TPSA) is 349 Å². The molecule has 0 saturated carbocycles. The van der Waals surface area contributed by atoms with E-state index in [2.05, 4.69) is 0 Å². The van der Waals surface area contributed by atoms with Crippen LogP contribution in [-0.4, -0.2) is 178 Å². The maximum Gasteiger partial charge on any atom is 0.239 e. The lowest BCUT2D eigenvalue weighted by Gasteiger charge is -2.46. The van der Waals surface area contributed by atoms with Crippen molar-refractivity contribution in [3.05, 3.63) is 46.6 Å². The van der Waals surface area contributed by atoms with Crippen molar-refractivity contribution in [3.8, 4) is 34.3 Å². The van der Waals surface area contributed by atoms with E-state index in [1.54, 1.807) is 0 Å². The zero-order chi connectivity index (χ0) is 39.2. The van der Waals surface area contributed by atoms with Crippen LogP contribution in [0.5, 0.6) is 23.0 Å². The first-order chi connectivity index (χ1) is 25.6. The van der Waals surface area contributed by atoms with E-state index in [9.17, 15) is 71.2 Å². The number of hydrogen-bond donors (Lipinski definition) is 13. The highest BCUT2D eigenvalue weighted by molar-refractivity contribution is 5.88. The van der Waals surface area contributed by atoms with Crippen LogP contribution in [0.3, 0.4) is 0 Å². The molecule has 0 aliphatic carbocycles. The molecule has 3 aliphatic rings. The average molecular weight is 773 g/mol. The van der Waals surface area contributed by atoms with Crippen molar-refractivity contribution in [2.24, 2.45) is 0 Å². The van der Waals surface area contributed by atoms with Crippen LogP contribution in [0.2, 0.25) is 0 Å². The quantitative estimate of drug-likeness (QED) is 0.0922. The standard InChI is InChI=1S/C33H40O21/c34-7-15-19(39)23(43)26(46)31(50-15)48-9-17-21(41)25(45)30(54-32-27(47)24(44)20(40)16(8-35)51-32)33(52-17)53-29-22(42)18-13(38)5-12(37)6-14(18)49-28(29)10-1-3-11(36)4-2-10/h1-6,15-17,19-21,23-27,30-41,43-47H,7-9H2. The van der Waals surface area contributed by atoms with Gasteiger partial charge in [0.05, 0.1) is 19.8 Å². The van der Waals surface area contributed by atoms with Crippen molar-refractivity contribution in [1.82, 2.24) is 0 Å². The number of benzene rings is 2. The number of hydrogen-bond acceptors (Lipinski definition) is 21. The Bertz CT molecular complexity index is 1800. The summed E-state index contributed by atoms with van der Waals surface area (Å²) in [5.41, 5.74) is -1.29. The molecule has 0 bridgehead atoms. The van der Waals surface area contributed by atoms with E-state index in [0.717, 1.165) is 12.1 Å². The second kappa shape index (κ2) is 16.2. The van der Waals surface area contributed by atoms with Crippen LogP contribution in [0.25, 0.3) is 22.3 Å². The molecular formula is C33H40O21. The Morgan fingerprint density at radius 2 is 1.17 bits per heavy atom. The Hall–Kier alpha value is -3.75. The predicted molar refractivity (Wildman–Crippen MR) is 173 cm³/mol. The lowest BCUT2D eigenvalue weighted by molar-refractivity contribution is -0.363. The maximum absolute atomic E-state index is 14.0. The lowest BCUT2D eigenvalue weighted by atomic mass is 9.97. The molecule has 1 aromatic heterocycles. The molecule has 2 aromatic carbocycles. The first-order valence-electron chi connectivity index (χ1n) is 16.5. The van der Waals surface area contributed by atoms with Gasteiger partial charge in [-0.1, -0.05) is 0 Å². The van der Waals surface area contributed by atoms with Gasteiger partial charge in [0.2, 0.25) is 17.5 Å². The van der Waals surface area contributed by atoms with Gasteiger partial charge >= 0.3 is 0 Å². The Morgan fingerprint density at radius 3 is 1.78 bits per heavy atom. The van der Waals surface area contributed by atoms with Crippen molar-refractivity contribution >= 4 is 11.0 Å². The summed E-state index contributed by atoms with van der Waals surface area (Å²) in [7, 11) is 0. The zero-order valence-corrected chi connectivity index (χ0v) is 27.8. The minimum Gasteiger partial charge on any atom is -0.508 e. The van der Waals surface area contributed by atoms with Gasteiger partial charge in [0.1, 0.15) is 95.4 Å². The minimum absolute atomic E-state index is 0.0925. The summed E-state index contributed by atoms with van der Waals surface area (Å²) in [6.07, 6.45) is -27.5. The van der Waals surface area contributed by atoms with Gasteiger partial charge in [-0.25, -0.2) is 0 Å². The van der Waals surface area contributed by atoms with E-state index in [-0.39, 0.29) is 22.7 Å². The second-order valence-electron chi connectivity index (χ2n) is 12.9. The fourth-order valence-electron chi connectivity index (χ4n) is 6.31. The molecule has 3 aliphatic heterocycles. The summed E-state index contributed by atoms with van der Waals surface area (Å²) in [6, 6.07) is 6.97. The Morgan fingerprint density at radius 1 is 0.611 bits per heavy atom. The largest absolute Gasteiger partial charge is 0.508 e. The molecule has 3 saturated heterocycles. The highest BCUT2D eigenvalue weighted by Crippen LogP contribution is 2.38. The van der Waals surface area contributed by atoms with Gasteiger partial charge in [-0.05, 0) is 24.3 Å². The van der Waals surface area contributed by atoms with E-state index >= 15 is 0 Å². The van der Waals surface area contributed by atoms with Gasteiger partial charge in [0.25, 0.3) is 0 Å². The number of ether oxygens (including phenoxy) is 6. The highest BCUT2D eigenvalue weighted by atomic mass is 16.8. The van der Waals surface area contributed by atoms with Crippen molar-refractivity contribution in [3.63, 3.8) is 0 Å². The van der Waals surface area contributed by atoms with Crippen LogP contribution in [0, 0.1) is 0 Å². The number of fused-ring (bicyclic) bond motifs is 1. The van der Waals surface area contributed by atoms with Gasteiger partial charge in [-0.3, -0.25) is 4.79 Å². The van der Waals surface area contributed by atoms with Crippen molar-refractivity contribution in [1.29, 1.82) is 0 Å². The molecule has 6 rings (SSSR count). The van der Waals surface area contributed by atoms with Crippen molar-refractivity contribution in [2.45, 2.75) is 92.1 Å². The molecule has 0 spiro atoms. The molecule has 21 nitrogen and oxygen atoms in total. The molecule has 3 aromatic rings. The third-order valence-electron chi connectivity index (χ3n) is 9.34. The Labute approximate surface area is 303 Å². The number of aliphatic hydroxyl groups excluding tert-OH is 10. The summed E-state index contributed by atoms with van der Waals surface area (Å²) in [4.78, 5) is 14.0. The van der Waals surface area contributed by atoms with E-state index in [0.29, 0.717) is 0 Å². The Balaban J connectivity index is 1.38. The molecule has 15 unspecified atom stereocenters. The van der Waals surface area contributed by atoms with Crippen LogP contribution >= 0.6 is 0 Å². The third-order valence-corrected chi connectivity index (χ3v) is 9.34. The average Bonchev–Trinajstić information content (AvgIpc) is 3.14. The fraction of sp³-hybridized carbons (Fsp3) is 0.545. The molecule has 13 N–H and O–H groups in total. The van der Waals surface area contributed by atoms with Crippen molar-refractivity contribution < 1.29 is 99.2 Å². The summed E-state index contributed by atoms with van der Waals surface area (Å²) < 4.78 is 39.8. The van der Waals surface area contributed by atoms with Crippen LogP contribution < -0.4 is 10.2 Å². The van der Waals surface area contributed by atoms with E-state index < -0.39 is 140 Å². The molecule has 3 fully saturated rings. The molecule has 4 heterocycles. The minimum atomic E-state index is -2.10. The molecule has 21 heteroatoms. The molecule has 15 atom stereocenters. The van der Waals surface area contributed by atoms with Gasteiger partial charge in [0, 0.05) is 17.7 Å². The molecule has 54 heavy (non-hydrogen) atoms. The summed E-state index contributed by atoms with van der Waals surface area (Å²) >= 11 is 0. The van der Waals surface area contributed by atoms with Crippen LogP contribution in [0.15, 0.2) is 45.6 Å². The van der Waals surface area contributed by atoms with E-state index in [1.165, 1.54) is 24.3 Å². The maximum atomic E-state index is 14.0. The van der Waals surface area contributed by atoms with Crippen LogP contribution in [-0.2, 0) is 23.7 Å². The SMILES string of the molecule is O=c1c(OC2OC(COC3OC(CO)C(O)C(O)C3O)C(O)C(O)C2OC2OC(CO)C(O)C(O)C2O)c(-c2ccc(O)cc2)oc2cc(O)cc(O)c12. The van der Waals surface area contributed by atoms with Gasteiger partial charge in [-0.2, -0.15) is 0 Å². The monoisotopic (exact) mass is 772 g/mol. The molecule has 0 radical (unpaired) electrons. The number of phenolic OH excluding ortho intramolecular Hbond substituents is 3. The van der Waals surface area contributed by atoms with E-state index in [4.69, 9.17) is 32.8 Å². The summed E-state index contributed by atoms with van der Waals surface area (Å²) in [6.45, 7) is -2.42. The van der Waals surface area contributed by atoms with Crippen LogP contribution in [0.1, 0.15) is 0 Å². The zero-order valence-electron chi connectivity index (χ0n) is 27.8. The number of phenols is 3. The lowest BCUT2D eigenvalue weighted by Crippen LogP contribution is -2.65. The fourth-order valence-corrected chi connectivity index (χ4v) is 6.31. The van der Waals surface area contributed by atoms with Gasteiger partial charge in [0.15, 0.2) is 24.4 Å². The van der Waals surface area contributed by atoms with E-state index in [1.807, 2.05) is 0 Å². The summed E-state index contributed by atoms with van der Waals surface area (Å²) in [5.74, 6) is -2.49. The smallest absolute Gasteiger partial charge is 0.239 e. The third kappa shape index (κ3) is 7.58. The predicted octanol–water partition coefficient (Wildman–Crippen LogP) is -4.60. The highest BCUT2D eigenvalue weighted by Gasteiger charge is 2.53. The number of aromatic hydroxyl groups is 3. The van der Waals surface area contributed by atoms with Crippen molar-refractivity contribution in [2.75, 3.05) is 19.8 Å². The summed E-state index contributed by atoms with van der Waals surface area (Å²) in [5, 5.41) is 134. The first-order valence-corrected chi connectivity index (χ1v) is 16.5. The normalized spacial score (nSPS) is 37.3. The number of aliphatic hydroxyl groups is 10. The van der Waals surface area contributed by atoms with Crippen LogP contribution in [0.4, 0.5) is 0 Å². The van der Waals surface area contributed by atoms with Gasteiger partial charge < -0.3 is 99.2 Å². The Kier molecular flexibility index (Phi) is 11.9. The molecule has 298 valence electrons. The second-order valence-corrected chi connectivity index (χ2v) is 12.9. The molecular weight excluding hydrogens is 732 g/mol. The number of rotatable bonds is 10.